The van der Waals surface area contributed by atoms with Crippen LogP contribution in [0.1, 0.15) is 32.1 Å². The molecule has 1 saturated carbocycles. The summed E-state index contributed by atoms with van der Waals surface area (Å²) in [5, 5.41) is 8.74. The van der Waals surface area contributed by atoms with E-state index in [0.717, 1.165) is 31.3 Å². The Balaban J connectivity index is 2.56. The van der Waals surface area contributed by atoms with Gasteiger partial charge in [-0.15, -0.1) is 6.58 Å². The average molecular weight is 194 g/mol. The summed E-state index contributed by atoms with van der Waals surface area (Å²) in [5.41, 5.74) is 1.12. The van der Waals surface area contributed by atoms with Crippen molar-refractivity contribution < 1.29 is 9.90 Å². The van der Waals surface area contributed by atoms with Gasteiger partial charge < -0.3 is 5.11 Å². The monoisotopic (exact) mass is 194 g/mol. The molecule has 0 heterocycles. The Labute approximate surface area is 85.3 Å². The summed E-state index contributed by atoms with van der Waals surface area (Å²) >= 11 is 0. The first-order valence-corrected chi connectivity index (χ1v) is 5.16. The molecule has 0 aromatic heterocycles. The zero-order valence-electron chi connectivity index (χ0n) is 8.54. The first-order valence-electron chi connectivity index (χ1n) is 5.16. The Kier molecular flexibility index (Phi) is 3.93. The minimum absolute atomic E-state index is 0.186. The van der Waals surface area contributed by atoms with Crippen LogP contribution in [0.5, 0.6) is 0 Å². The van der Waals surface area contributed by atoms with Gasteiger partial charge in [-0.05, 0) is 31.1 Å². The van der Waals surface area contributed by atoms with Gasteiger partial charge in [-0.2, -0.15) is 0 Å². The Morgan fingerprint density at radius 3 is 2.71 bits per heavy atom. The highest BCUT2D eigenvalue weighted by Gasteiger charge is 2.26. The summed E-state index contributed by atoms with van der Waals surface area (Å²) in [5.74, 6) is -0.0628. The molecule has 2 heteroatoms. The molecule has 1 fully saturated rings. The molecule has 0 bridgehead atoms. The van der Waals surface area contributed by atoms with E-state index in [9.17, 15) is 4.79 Å². The van der Waals surface area contributed by atoms with Crippen LogP contribution < -0.4 is 0 Å². The molecule has 1 aliphatic carbocycles. The Morgan fingerprint density at radius 2 is 2.14 bits per heavy atom. The van der Waals surface area contributed by atoms with E-state index in [1.807, 2.05) is 6.08 Å². The number of aliphatic carboxylic acids is 1. The molecular formula is C12H18O2. The predicted molar refractivity (Wildman–Crippen MR) is 57.0 cm³/mol. The minimum atomic E-state index is -0.713. The van der Waals surface area contributed by atoms with Crippen molar-refractivity contribution in [3.05, 3.63) is 24.8 Å². The summed E-state index contributed by atoms with van der Waals surface area (Å²) in [6.07, 6.45) is 6.33. The largest absolute Gasteiger partial charge is 0.481 e. The summed E-state index contributed by atoms with van der Waals surface area (Å²) in [6.45, 7) is 7.76. The van der Waals surface area contributed by atoms with Crippen molar-refractivity contribution in [3.63, 3.8) is 0 Å². The van der Waals surface area contributed by atoms with Crippen LogP contribution in [0.2, 0.25) is 0 Å². The molecule has 0 amide bonds. The van der Waals surface area contributed by atoms with Crippen LogP contribution in [0.25, 0.3) is 0 Å². The number of rotatable bonds is 4. The zero-order chi connectivity index (χ0) is 10.6. The molecule has 2 atom stereocenters. The van der Waals surface area contributed by atoms with Gasteiger partial charge in [0.1, 0.15) is 0 Å². The Bertz CT molecular complexity index is 243. The molecule has 1 unspecified atom stereocenters. The van der Waals surface area contributed by atoms with Crippen molar-refractivity contribution in [2.24, 2.45) is 11.8 Å². The van der Waals surface area contributed by atoms with Gasteiger partial charge in [0.05, 0.1) is 6.42 Å². The number of carbonyl (C=O) groups is 1. The van der Waals surface area contributed by atoms with Crippen LogP contribution in [-0.4, -0.2) is 11.1 Å². The fraction of sp³-hybridized carbons (Fsp3) is 0.583. The lowest BCUT2D eigenvalue weighted by Crippen LogP contribution is -2.20. The zero-order valence-corrected chi connectivity index (χ0v) is 8.54. The minimum Gasteiger partial charge on any atom is -0.481 e. The molecule has 0 aromatic rings. The fourth-order valence-corrected chi connectivity index (χ4v) is 2.23. The van der Waals surface area contributed by atoms with Gasteiger partial charge in [-0.1, -0.05) is 24.6 Å². The topological polar surface area (TPSA) is 37.3 Å². The van der Waals surface area contributed by atoms with Crippen LogP contribution in [-0.2, 0) is 4.79 Å². The fourth-order valence-electron chi connectivity index (χ4n) is 2.23. The van der Waals surface area contributed by atoms with Crippen molar-refractivity contribution in [2.45, 2.75) is 32.1 Å². The Hall–Kier alpha value is -1.05. The second kappa shape index (κ2) is 4.99. The summed E-state index contributed by atoms with van der Waals surface area (Å²) < 4.78 is 0. The summed E-state index contributed by atoms with van der Waals surface area (Å²) in [6, 6.07) is 0. The standard InChI is InChI=1S/C12H18O2/c1-3-5-10-6-4-7-11(9(10)2)8-12(13)14/h3,10-11H,1-2,4-8H2,(H,13,14)/t10?,11-/m0/s1. The van der Waals surface area contributed by atoms with E-state index in [1.54, 1.807) is 0 Å². The molecule has 1 aliphatic rings. The maximum Gasteiger partial charge on any atom is 0.303 e. The van der Waals surface area contributed by atoms with E-state index in [4.69, 9.17) is 5.11 Å². The first kappa shape index (κ1) is 11.0. The SMILES string of the molecule is C=CCC1CCC[C@@H](CC(=O)O)C1=C. The molecular weight excluding hydrogens is 176 g/mol. The van der Waals surface area contributed by atoms with Gasteiger partial charge >= 0.3 is 5.97 Å². The van der Waals surface area contributed by atoms with Crippen molar-refractivity contribution in [2.75, 3.05) is 0 Å². The lowest BCUT2D eigenvalue weighted by molar-refractivity contribution is -0.138. The highest BCUT2D eigenvalue weighted by Crippen LogP contribution is 2.36. The Morgan fingerprint density at radius 1 is 1.50 bits per heavy atom. The second-order valence-corrected chi connectivity index (χ2v) is 4.02. The third-order valence-electron chi connectivity index (χ3n) is 3.03. The van der Waals surface area contributed by atoms with Gasteiger partial charge in [-0.3, -0.25) is 4.79 Å². The lowest BCUT2D eigenvalue weighted by Gasteiger charge is -2.30. The normalized spacial score (nSPS) is 27.3. The van der Waals surface area contributed by atoms with Crippen molar-refractivity contribution in [3.8, 4) is 0 Å². The van der Waals surface area contributed by atoms with E-state index in [2.05, 4.69) is 13.2 Å². The van der Waals surface area contributed by atoms with Gasteiger partial charge in [0, 0.05) is 0 Å². The highest BCUT2D eigenvalue weighted by molar-refractivity contribution is 5.67. The molecule has 0 saturated heterocycles. The molecule has 0 spiro atoms. The lowest BCUT2D eigenvalue weighted by atomic mass is 9.75. The van der Waals surface area contributed by atoms with E-state index < -0.39 is 5.97 Å². The summed E-state index contributed by atoms with van der Waals surface area (Å²) in [4.78, 5) is 10.6. The van der Waals surface area contributed by atoms with Crippen LogP contribution in [0.15, 0.2) is 24.8 Å². The smallest absolute Gasteiger partial charge is 0.303 e. The molecule has 1 rings (SSSR count). The highest BCUT2D eigenvalue weighted by atomic mass is 16.4. The molecule has 0 aromatic carbocycles. The maximum atomic E-state index is 10.6. The number of hydrogen-bond donors (Lipinski definition) is 1. The van der Waals surface area contributed by atoms with Crippen LogP contribution in [0.4, 0.5) is 0 Å². The van der Waals surface area contributed by atoms with Crippen molar-refractivity contribution >= 4 is 5.97 Å². The predicted octanol–water partition coefficient (Wildman–Crippen LogP) is 3.01. The molecule has 0 aliphatic heterocycles. The molecule has 78 valence electrons. The number of carboxylic acids is 1. The van der Waals surface area contributed by atoms with Gasteiger partial charge in [0.2, 0.25) is 0 Å². The second-order valence-electron chi connectivity index (χ2n) is 4.02. The van der Waals surface area contributed by atoms with Gasteiger partial charge in [-0.25, -0.2) is 0 Å². The van der Waals surface area contributed by atoms with Crippen LogP contribution in [0, 0.1) is 11.8 Å². The third kappa shape index (κ3) is 2.72. The molecule has 0 radical (unpaired) electrons. The summed E-state index contributed by atoms with van der Waals surface area (Å²) in [7, 11) is 0. The average Bonchev–Trinajstić information content (AvgIpc) is 2.11. The third-order valence-corrected chi connectivity index (χ3v) is 3.03. The van der Waals surface area contributed by atoms with Crippen LogP contribution >= 0.6 is 0 Å². The van der Waals surface area contributed by atoms with Gasteiger partial charge in [0.15, 0.2) is 0 Å². The molecule has 1 N–H and O–H groups in total. The quantitative estimate of drug-likeness (QED) is 0.698. The maximum absolute atomic E-state index is 10.6. The number of allylic oxidation sites excluding steroid dienone is 2. The van der Waals surface area contributed by atoms with Crippen LogP contribution in [0.3, 0.4) is 0 Å². The van der Waals surface area contributed by atoms with E-state index in [1.165, 1.54) is 0 Å². The van der Waals surface area contributed by atoms with E-state index in [0.29, 0.717) is 5.92 Å². The van der Waals surface area contributed by atoms with Crippen molar-refractivity contribution in [1.29, 1.82) is 0 Å². The van der Waals surface area contributed by atoms with E-state index >= 15 is 0 Å². The van der Waals surface area contributed by atoms with Gasteiger partial charge in [0.25, 0.3) is 0 Å². The number of carboxylic acid groups (broad SMARTS) is 1. The van der Waals surface area contributed by atoms with E-state index in [-0.39, 0.29) is 12.3 Å². The first-order chi connectivity index (χ1) is 6.65. The van der Waals surface area contributed by atoms with Crippen molar-refractivity contribution in [1.82, 2.24) is 0 Å². The molecule has 2 nitrogen and oxygen atoms in total. The number of hydrogen-bond acceptors (Lipinski definition) is 1. The molecule has 14 heavy (non-hydrogen) atoms.